The number of nitrogens with zero attached hydrogens (tertiary/aromatic N) is 1. The van der Waals surface area contributed by atoms with Crippen molar-refractivity contribution in [3.8, 4) is 5.75 Å². The van der Waals surface area contributed by atoms with Crippen molar-refractivity contribution in [2.45, 2.75) is 0 Å². The molecular formula is C20H13BrFN3O5. The summed E-state index contributed by atoms with van der Waals surface area (Å²) in [5.74, 6) is -3.45. The van der Waals surface area contributed by atoms with E-state index >= 15 is 0 Å². The number of ether oxygens (including phenoxy) is 1. The number of carbonyl (C=O) groups is 3. The highest BCUT2D eigenvalue weighted by Crippen LogP contribution is 2.19. The molecule has 3 rings (SSSR count). The first-order valence-corrected chi connectivity index (χ1v) is 9.17. The third-order valence-corrected chi connectivity index (χ3v) is 4.09. The molecule has 2 aromatic carbocycles. The molecular weight excluding hydrogens is 461 g/mol. The van der Waals surface area contributed by atoms with Gasteiger partial charge in [0.05, 0.1) is 18.2 Å². The van der Waals surface area contributed by atoms with Crippen LogP contribution in [0.4, 0.5) is 10.1 Å². The van der Waals surface area contributed by atoms with Crippen LogP contribution < -0.4 is 15.5 Å². The largest absolute Gasteiger partial charge is 0.457 e. The van der Waals surface area contributed by atoms with Crippen LogP contribution in [-0.2, 0) is 9.59 Å². The second-order valence-electron chi connectivity index (χ2n) is 5.68. The Balaban J connectivity index is 1.61. The number of benzene rings is 2. The first kappa shape index (κ1) is 20.9. The monoisotopic (exact) mass is 473 g/mol. The molecule has 3 aromatic rings. The van der Waals surface area contributed by atoms with E-state index in [9.17, 15) is 18.8 Å². The van der Waals surface area contributed by atoms with Crippen LogP contribution in [0.5, 0.6) is 5.75 Å². The van der Waals surface area contributed by atoms with Crippen molar-refractivity contribution in [1.82, 2.24) is 5.43 Å². The van der Waals surface area contributed by atoms with E-state index in [1.807, 2.05) is 5.43 Å². The highest BCUT2D eigenvalue weighted by Gasteiger charge is 2.16. The molecule has 0 unspecified atom stereocenters. The van der Waals surface area contributed by atoms with Crippen LogP contribution >= 0.6 is 15.9 Å². The summed E-state index contributed by atoms with van der Waals surface area (Å²) < 4.78 is 24.4. The van der Waals surface area contributed by atoms with Gasteiger partial charge in [-0.2, -0.15) is 5.10 Å². The zero-order valence-electron chi connectivity index (χ0n) is 15.1. The Morgan fingerprint density at radius 3 is 2.60 bits per heavy atom. The molecule has 0 radical (unpaired) electrons. The molecule has 1 heterocycles. The second kappa shape index (κ2) is 9.61. The van der Waals surface area contributed by atoms with E-state index in [0.29, 0.717) is 10.0 Å². The van der Waals surface area contributed by atoms with Crippen molar-refractivity contribution in [2.75, 3.05) is 5.32 Å². The van der Waals surface area contributed by atoms with Crippen molar-refractivity contribution in [3.63, 3.8) is 0 Å². The zero-order chi connectivity index (χ0) is 21.5. The maximum Gasteiger partial charge on any atom is 0.379 e. The highest BCUT2D eigenvalue weighted by atomic mass is 79.9. The Morgan fingerprint density at radius 1 is 1.07 bits per heavy atom. The van der Waals surface area contributed by atoms with Gasteiger partial charge in [0.15, 0.2) is 0 Å². The molecule has 2 N–H and O–H groups in total. The molecule has 0 saturated carbocycles. The number of hydrogen-bond donors (Lipinski definition) is 2. The second-order valence-corrected chi connectivity index (χ2v) is 6.60. The standard InChI is InChI=1S/C20H13BrFN3O5/c21-13-7-8-15(14(22)10-13)24-18(26)19(27)25-23-11-12-4-1-2-5-16(12)30-20(28)17-6-3-9-29-17/h1-11H,(H,24,26)(H,25,27)/b23-11+. The fourth-order valence-electron chi connectivity index (χ4n) is 2.21. The van der Waals surface area contributed by atoms with Crippen LogP contribution in [0.1, 0.15) is 16.1 Å². The lowest BCUT2D eigenvalue weighted by atomic mass is 10.2. The number of nitrogens with one attached hydrogen (secondary N) is 2. The van der Waals surface area contributed by atoms with Gasteiger partial charge < -0.3 is 14.5 Å². The molecule has 0 saturated heterocycles. The number of anilines is 1. The van der Waals surface area contributed by atoms with E-state index in [2.05, 4.69) is 26.3 Å². The lowest BCUT2D eigenvalue weighted by molar-refractivity contribution is -0.136. The number of hydrogen-bond acceptors (Lipinski definition) is 6. The fourth-order valence-corrected chi connectivity index (χ4v) is 2.54. The van der Waals surface area contributed by atoms with E-state index in [4.69, 9.17) is 9.15 Å². The molecule has 0 aliphatic heterocycles. The Hall–Kier alpha value is -3.79. The van der Waals surface area contributed by atoms with Crippen molar-refractivity contribution in [2.24, 2.45) is 5.10 Å². The van der Waals surface area contributed by atoms with Gasteiger partial charge in [0.25, 0.3) is 0 Å². The van der Waals surface area contributed by atoms with Gasteiger partial charge in [-0.15, -0.1) is 0 Å². The Kier molecular flexibility index (Phi) is 6.71. The first-order chi connectivity index (χ1) is 14.4. The third kappa shape index (κ3) is 5.39. The molecule has 0 aliphatic carbocycles. The van der Waals surface area contributed by atoms with Gasteiger partial charge in [-0.05, 0) is 42.5 Å². The van der Waals surface area contributed by atoms with Gasteiger partial charge in [0.1, 0.15) is 11.6 Å². The van der Waals surface area contributed by atoms with Crippen molar-refractivity contribution in [1.29, 1.82) is 0 Å². The van der Waals surface area contributed by atoms with Gasteiger partial charge in [0, 0.05) is 10.0 Å². The van der Waals surface area contributed by atoms with Crippen LogP contribution in [0.25, 0.3) is 0 Å². The van der Waals surface area contributed by atoms with Gasteiger partial charge >= 0.3 is 17.8 Å². The maximum atomic E-state index is 13.7. The van der Waals surface area contributed by atoms with Crippen LogP contribution in [0.3, 0.4) is 0 Å². The van der Waals surface area contributed by atoms with E-state index in [0.717, 1.165) is 6.07 Å². The Bertz CT molecular complexity index is 1120. The number of para-hydroxylation sites is 1. The fraction of sp³-hybridized carbons (Fsp3) is 0. The Morgan fingerprint density at radius 2 is 1.87 bits per heavy atom. The molecule has 0 fully saturated rings. The van der Waals surface area contributed by atoms with Crippen molar-refractivity contribution < 1.29 is 27.9 Å². The van der Waals surface area contributed by atoms with Crippen LogP contribution in [0.15, 0.2) is 74.9 Å². The van der Waals surface area contributed by atoms with Crippen molar-refractivity contribution >= 4 is 45.6 Å². The topological polar surface area (TPSA) is 110 Å². The quantitative estimate of drug-likeness (QED) is 0.194. The number of amides is 2. The van der Waals surface area contributed by atoms with Gasteiger partial charge in [-0.1, -0.05) is 28.1 Å². The predicted octanol–water partition coefficient (Wildman–Crippen LogP) is 3.49. The lowest BCUT2D eigenvalue weighted by Crippen LogP contribution is -2.32. The van der Waals surface area contributed by atoms with E-state index < -0.39 is 23.6 Å². The summed E-state index contributed by atoms with van der Waals surface area (Å²) in [5, 5.41) is 5.81. The first-order valence-electron chi connectivity index (χ1n) is 8.38. The minimum Gasteiger partial charge on any atom is -0.457 e. The molecule has 8 nitrogen and oxygen atoms in total. The summed E-state index contributed by atoms with van der Waals surface area (Å²) >= 11 is 3.09. The van der Waals surface area contributed by atoms with Gasteiger partial charge in [-0.25, -0.2) is 14.6 Å². The number of furan rings is 1. The molecule has 0 bridgehead atoms. The normalized spacial score (nSPS) is 10.6. The average Bonchev–Trinajstić information content (AvgIpc) is 3.26. The van der Waals surface area contributed by atoms with Crippen LogP contribution in [0.2, 0.25) is 0 Å². The average molecular weight is 474 g/mol. The predicted molar refractivity (Wildman–Crippen MR) is 109 cm³/mol. The van der Waals surface area contributed by atoms with Gasteiger partial charge in [0.2, 0.25) is 5.76 Å². The maximum absolute atomic E-state index is 13.7. The van der Waals surface area contributed by atoms with Crippen LogP contribution in [-0.4, -0.2) is 24.0 Å². The van der Waals surface area contributed by atoms with Crippen LogP contribution in [0, 0.1) is 5.82 Å². The summed E-state index contributed by atoms with van der Waals surface area (Å²) in [4.78, 5) is 35.8. The molecule has 0 aliphatic rings. The number of hydrazone groups is 1. The summed E-state index contributed by atoms with van der Waals surface area (Å²) in [7, 11) is 0. The smallest absolute Gasteiger partial charge is 0.379 e. The highest BCUT2D eigenvalue weighted by molar-refractivity contribution is 9.10. The van der Waals surface area contributed by atoms with Gasteiger partial charge in [-0.3, -0.25) is 9.59 Å². The molecule has 30 heavy (non-hydrogen) atoms. The number of esters is 1. The Labute approximate surface area is 177 Å². The summed E-state index contributed by atoms with van der Waals surface area (Å²) in [6.07, 6.45) is 2.53. The van der Waals surface area contributed by atoms with Crippen molar-refractivity contribution in [3.05, 3.63) is 82.5 Å². The number of halogens is 2. The summed E-state index contributed by atoms with van der Waals surface area (Å²) in [6.45, 7) is 0. The number of carbonyl (C=O) groups excluding carboxylic acids is 3. The van der Waals surface area contributed by atoms with E-state index in [1.165, 1.54) is 36.7 Å². The summed E-state index contributed by atoms with van der Waals surface area (Å²) in [5.41, 5.74) is 2.22. The lowest BCUT2D eigenvalue weighted by Gasteiger charge is -2.06. The van der Waals surface area contributed by atoms with E-state index in [-0.39, 0.29) is 17.2 Å². The van der Waals surface area contributed by atoms with E-state index in [1.54, 1.807) is 24.3 Å². The number of rotatable bonds is 5. The molecule has 152 valence electrons. The SMILES string of the molecule is O=C(N/N=C/c1ccccc1OC(=O)c1ccco1)C(=O)Nc1ccc(Br)cc1F. The third-order valence-electron chi connectivity index (χ3n) is 3.60. The minimum absolute atomic E-state index is 0.0203. The molecule has 10 heteroatoms. The zero-order valence-corrected chi connectivity index (χ0v) is 16.7. The molecule has 2 amide bonds. The summed E-state index contributed by atoms with van der Waals surface area (Å²) in [6, 6.07) is 13.4. The molecule has 0 atom stereocenters. The molecule has 1 aromatic heterocycles. The molecule has 0 spiro atoms. The minimum atomic E-state index is -1.11.